The maximum Gasteiger partial charge on any atom is 0.267 e. The van der Waals surface area contributed by atoms with Crippen LogP contribution in [0.15, 0.2) is 64.2 Å². The molecule has 0 spiro atoms. The highest BCUT2D eigenvalue weighted by Crippen LogP contribution is 2.23. The van der Waals surface area contributed by atoms with Gasteiger partial charge in [-0.1, -0.05) is 28.9 Å². The summed E-state index contributed by atoms with van der Waals surface area (Å²) in [4.78, 5) is 25.2. The first kappa shape index (κ1) is 17.7. The number of hydrogen-bond donors (Lipinski definition) is 0. The average molecular weight is 423 g/mol. The number of aromatic nitrogens is 6. The fraction of sp³-hybridized carbons (Fsp3) is 0.0526. The van der Waals surface area contributed by atoms with Crippen molar-refractivity contribution < 1.29 is 4.52 Å². The first-order valence-corrected chi connectivity index (χ1v) is 9.73. The van der Waals surface area contributed by atoms with Crippen LogP contribution in [0.2, 0.25) is 5.02 Å². The van der Waals surface area contributed by atoms with Crippen molar-refractivity contribution in [3.63, 3.8) is 0 Å². The topological polar surface area (TPSA) is 99.6 Å². The van der Waals surface area contributed by atoms with E-state index in [-0.39, 0.29) is 23.8 Å². The molecule has 0 bridgehead atoms. The van der Waals surface area contributed by atoms with Crippen LogP contribution in [0, 0.1) is 0 Å². The molecule has 8 nitrogen and oxygen atoms in total. The van der Waals surface area contributed by atoms with Crippen molar-refractivity contribution in [2.24, 2.45) is 0 Å². The maximum atomic E-state index is 12.3. The lowest BCUT2D eigenvalue weighted by Crippen LogP contribution is -2.22. The lowest BCUT2D eigenvalue weighted by atomic mass is 10.3. The van der Waals surface area contributed by atoms with E-state index in [2.05, 4.69) is 25.2 Å². The Morgan fingerprint density at radius 1 is 1.10 bits per heavy atom. The van der Waals surface area contributed by atoms with E-state index in [4.69, 9.17) is 16.1 Å². The first-order chi connectivity index (χ1) is 14.2. The van der Waals surface area contributed by atoms with Crippen molar-refractivity contribution in [2.45, 2.75) is 6.54 Å². The predicted octanol–water partition coefficient (Wildman–Crippen LogP) is 3.67. The SMILES string of the molecule is O=c1ccc(-c2noc(-c3cncc(Cl)c3)n2)nn1Cc1nc2ccccc2s1. The van der Waals surface area contributed by atoms with Crippen LogP contribution in [0.1, 0.15) is 5.01 Å². The molecule has 1 aromatic carbocycles. The zero-order valence-electron chi connectivity index (χ0n) is 14.7. The zero-order chi connectivity index (χ0) is 19.8. The molecule has 0 atom stereocenters. The summed E-state index contributed by atoms with van der Waals surface area (Å²) in [5, 5.41) is 9.59. The highest BCUT2D eigenvalue weighted by molar-refractivity contribution is 7.18. The van der Waals surface area contributed by atoms with Crippen molar-refractivity contribution in [3.8, 4) is 23.0 Å². The van der Waals surface area contributed by atoms with E-state index >= 15 is 0 Å². The van der Waals surface area contributed by atoms with Crippen LogP contribution in [0.3, 0.4) is 0 Å². The van der Waals surface area contributed by atoms with Gasteiger partial charge in [-0.15, -0.1) is 11.3 Å². The number of thiazole rings is 1. The Hall–Kier alpha value is -3.43. The van der Waals surface area contributed by atoms with Crippen LogP contribution in [0.25, 0.3) is 33.2 Å². The van der Waals surface area contributed by atoms with Gasteiger partial charge in [-0.05, 0) is 24.3 Å². The second kappa shape index (κ2) is 7.19. The van der Waals surface area contributed by atoms with Crippen LogP contribution in [-0.2, 0) is 6.54 Å². The Bertz CT molecular complexity index is 1360. The Morgan fingerprint density at radius 3 is 2.86 bits per heavy atom. The number of benzene rings is 1. The summed E-state index contributed by atoms with van der Waals surface area (Å²) in [6, 6.07) is 12.5. The lowest BCUT2D eigenvalue weighted by molar-refractivity contribution is 0.431. The standard InChI is InChI=1S/C19H11ClN6O2S/c20-12-7-11(8-21-9-12)19-23-18(25-28-19)14-5-6-17(27)26(24-14)10-16-22-13-3-1-2-4-15(13)29-16/h1-9H,10H2. The van der Waals surface area contributed by atoms with Crippen LogP contribution in [0.5, 0.6) is 0 Å². The van der Waals surface area contributed by atoms with Gasteiger partial charge < -0.3 is 4.52 Å². The first-order valence-electron chi connectivity index (χ1n) is 8.53. The normalized spacial score (nSPS) is 11.2. The van der Waals surface area contributed by atoms with E-state index in [9.17, 15) is 4.79 Å². The van der Waals surface area contributed by atoms with E-state index in [0.29, 0.717) is 16.3 Å². The third-order valence-electron chi connectivity index (χ3n) is 4.10. The Balaban J connectivity index is 1.47. The van der Waals surface area contributed by atoms with Crippen molar-refractivity contribution >= 4 is 33.2 Å². The van der Waals surface area contributed by atoms with Crippen LogP contribution < -0.4 is 5.56 Å². The molecule has 0 aliphatic heterocycles. The molecule has 5 rings (SSSR count). The van der Waals surface area contributed by atoms with Gasteiger partial charge in [-0.25, -0.2) is 9.67 Å². The third kappa shape index (κ3) is 3.53. The quantitative estimate of drug-likeness (QED) is 0.435. The van der Waals surface area contributed by atoms with E-state index in [1.165, 1.54) is 28.3 Å². The number of fused-ring (bicyclic) bond motifs is 1. The van der Waals surface area contributed by atoms with Gasteiger partial charge in [-0.2, -0.15) is 10.1 Å². The second-order valence-corrected chi connectivity index (χ2v) is 7.66. The van der Waals surface area contributed by atoms with Gasteiger partial charge in [0.15, 0.2) is 0 Å². The van der Waals surface area contributed by atoms with E-state index < -0.39 is 0 Å². The van der Waals surface area contributed by atoms with Crippen LogP contribution in [-0.4, -0.2) is 29.9 Å². The summed E-state index contributed by atoms with van der Waals surface area (Å²) in [5.41, 5.74) is 1.67. The predicted molar refractivity (Wildman–Crippen MR) is 109 cm³/mol. The van der Waals surface area contributed by atoms with Crippen molar-refractivity contribution in [3.05, 3.63) is 75.2 Å². The van der Waals surface area contributed by atoms with Crippen molar-refractivity contribution in [1.82, 2.24) is 29.9 Å². The van der Waals surface area contributed by atoms with Crippen molar-refractivity contribution in [2.75, 3.05) is 0 Å². The van der Waals surface area contributed by atoms with Gasteiger partial charge in [0.2, 0.25) is 5.82 Å². The molecule has 0 amide bonds. The minimum atomic E-state index is -0.240. The molecule has 0 saturated carbocycles. The lowest BCUT2D eigenvalue weighted by Gasteiger charge is -2.02. The molecule has 0 radical (unpaired) electrons. The summed E-state index contributed by atoms with van der Waals surface area (Å²) in [6.45, 7) is 0.259. The highest BCUT2D eigenvalue weighted by atomic mass is 35.5. The molecule has 4 heterocycles. The number of para-hydroxylation sites is 1. The minimum Gasteiger partial charge on any atom is -0.333 e. The Labute approximate surface area is 172 Å². The molecule has 0 fully saturated rings. The van der Waals surface area contributed by atoms with E-state index in [0.717, 1.165) is 15.2 Å². The van der Waals surface area contributed by atoms with Crippen molar-refractivity contribution in [1.29, 1.82) is 0 Å². The molecular formula is C19H11ClN6O2S. The number of hydrogen-bond acceptors (Lipinski definition) is 8. The van der Waals surface area contributed by atoms with Gasteiger partial charge in [0.25, 0.3) is 11.4 Å². The second-order valence-electron chi connectivity index (χ2n) is 6.10. The van der Waals surface area contributed by atoms with Crippen LogP contribution >= 0.6 is 22.9 Å². The molecule has 0 aliphatic carbocycles. The molecule has 4 aromatic heterocycles. The van der Waals surface area contributed by atoms with Gasteiger partial charge in [0.1, 0.15) is 10.7 Å². The monoisotopic (exact) mass is 422 g/mol. The number of pyridine rings is 1. The fourth-order valence-corrected chi connectivity index (χ4v) is 3.89. The summed E-state index contributed by atoms with van der Waals surface area (Å²) < 4.78 is 7.69. The van der Waals surface area contributed by atoms with E-state index in [1.807, 2.05) is 24.3 Å². The Morgan fingerprint density at radius 2 is 2.00 bits per heavy atom. The summed E-state index contributed by atoms with van der Waals surface area (Å²) in [7, 11) is 0. The maximum absolute atomic E-state index is 12.3. The largest absolute Gasteiger partial charge is 0.333 e. The summed E-state index contributed by atoms with van der Waals surface area (Å²) in [5.74, 6) is 0.527. The fourth-order valence-electron chi connectivity index (χ4n) is 2.77. The molecule has 5 aromatic rings. The highest BCUT2D eigenvalue weighted by Gasteiger charge is 2.14. The van der Waals surface area contributed by atoms with Crippen LogP contribution in [0.4, 0.5) is 0 Å². The molecular weight excluding hydrogens is 412 g/mol. The van der Waals surface area contributed by atoms with Gasteiger partial charge >= 0.3 is 0 Å². The zero-order valence-corrected chi connectivity index (χ0v) is 16.3. The number of nitrogens with zero attached hydrogens (tertiary/aromatic N) is 6. The minimum absolute atomic E-state index is 0.240. The number of rotatable bonds is 4. The Kier molecular flexibility index (Phi) is 4.38. The molecule has 10 heteroatoms. The molecule has 0 saturated heterocycles. The summed E-state index contributed by atoms with van der Waals surface area (Å²) >= 11 is 7.48. The third-order valence-corrected chi connectivity index (χ3v) is 5.32. The molecule has 29 heavy (non-hydrogen) atoms. The molecule has 0 aliphatic rings. The summed E-state index contributed by atoms with van der Waals surface area (Å²) in [6.07, 6.45) is 3.09. The molecule has 0 N–H and O–H groups in total. The van der Waals surface area contributed by atoms with E-state index in [1.54, 1.807) is 18.3 Å². The number of halogens is 1. The van der Waals surface area contributed by atoms with Gasteiger partial charge in [-0.3, -0.25) is 9.78 Å². The molecule has 142 valence electrons. The van der Waals surface area contributed by atoms with Gasteiger partial charge in [0, 0.05) is 18.5 Å². The average Bonchev–Trinajstić information content (AvgIpc) is 3.36. The molecule has 0 unspecified atom stereocenters. The smallest absolute Gasteiger partial charge is 0.267 e. The van der Waals surface area contributed by atoms with Gasteiger partial charge in [0.05, 0.1) is 27.3 Å².